The summed E-state index contributed by atoms with van der Waals surface area (Å²) in [6.07, 6.45) is 2.38. The minimum absolute atomic E-state index is 0.0819. The van der Waals surface area contributed by atoms with Gasteiger partial charge in [0.2, 0.25) is 0 Å². The molecular weight excluding hydrogens is 484 g/mol. The largest absolute Gasteiger partial charge is 0.399 e. The monoisotopic (exact) mass is 528 g/mol. The molecule has 0 amide bonds. The number of piperidine rings is 1. The molecule has 1 aliphatic heterocycles. The van der Waals surface area contributed by atoms with E-state index in [1.165, 1.54) is 33.4 Å². The molecule has 1 aliphatic rings. The molecule has 3 aromatic carbocycles. The Labute approximate surface area is 234 Å². The van der Waals surface area contributed by atoms with Crippen LogP contribution in [0.4, 0.5) is 0 Å². The van der Waals surface area contributed by atoms with Crippen molar-refractivity contribution in [1.29, 1.82) is 0 Å². The molecule has 0 saturated carbocycles. The van der Waals surface area contributed by atoms with Crippen molar-refractivity contribution >= 4 is 5.71 Å². The van der Waals surface area contributed by atoms with Crippen molar-refractivity contribution in [3.63, 3.8) is 0 Å². The highest BCUT2D eigenvalue weighted by Crippen LogP contribution is 2.33. The van der Waals surface area contributed by atoms with Gasteiger partial charge < -0.3 is 19.6 Å². The SMILES string of the molecule is CO/N=C(\COCc1cc(C)cc(C)c1)C(CCN1CCC(O)(c2ccccc2)CC1)c1ccc(C)c(C)c1. The molecule has 5 heteroatoms. The van der Waals surface area contributed by atoms with Gasteiger partial charge in [0, 0.05) is 19.0 Å². The van der Waals surface area contributed by atoms with E-state index in [4.69, 9.17) is 9.57 Å². The van der Waals surface area contributed by atoms with E-state index in [1.807, 2.05) is 30.3 Å². The highest BCUT2D eigenvalue weighted by Gasteiger charge is 2.34. The number of aryl methyl sites for hydroxylation is 4. The third kappa shape index (κ3) is 7.78. The lowest BCUT2D eigenvalue weighted by atomic mass is 9.84. The van der Waals surface area contributed by atoms with Gasteiger partial charge in [0.25, 0.3) is 0 Å². The first-order chi connectivity index (χ1) is 18.8. The second kappa shape index (κ2) is 13.4. The van der Waals surface area contributed by atoms with Crippen LogP contribution in [0.1, 0.15) is 64.1 Å². The van der Waals surface area contributed by atoms with Crippen LogP contribution < -0.4 is 0 Å². The van der Waals surface area contributed by atoms with Gasteiger partial charge in [-0.2, -0.15) is 0 Å². The maximum absolute atomic E-state index is 11.3. The maximum atomic E-state index is 11.3. The first-order valence-corrected chi connectivity index (χ1v) is 14.1. The van der Waals surface area contributed by atoms with Gasteiger partial charge in [-0.05, 0) is 81.3 Å². The van der Waals surface area contributed by atoms with E-state index < -0.39 is 5.60 Å². The van der Waals surface area contributed by atoms with Crippen molar-refractivity contribution < 1.29 is 14.7 Å². The first-order valence-electron chi connectivity index (χ1n) is 14.1. The van der Waals surface area contributed by atoms with Gasteiger partial charge in [0.1, 0.15) is 7.11 Å². The summed E-state index contributed by atoms with van der Waals surface area (Å²) in [5, 5.41) is 15.8. The highest BCUT2D eigenvalue weighted by molar-refractivity contribution is 5.91. The van der Waals surface area contributed by atoms with Crippen molar-refractivity contribution in [2.45, 2.75) is 65.1 Å². The number of likely N-dealkylation sites (tertiary alicyclic amines) is 1. The number of aliphatic hydroxyl groups is 1. The predicted octanol–water partition coefficient (Wildman–Crippen LogP) is 6.60. The summed E-state index contributed by atoms with van der Waals surface area (Å²) in [6.45, 7) is 12.1. The third-order valence-corrected chi connectivity index (χ3v) is 8.07. The Kier molecular flexibility index (Phi) is 9.95. The molecule has 1 fully saturated rings. The standard InChI is InChI=1S/C34H44N2O3/c1-25-19-26(2)21-29(20-25)23-39-24-33(35-38-5)32(30-12-11-27(3)28(4)22-30)13-16-36-17-14-34(37,15-18-36)31-9-7-6-8-10-31/h6-12,19-22,32,37H,13-18,23-24H2,1-5H3/b35-33+. The first kappa shape index (κ1) is 29.0. The maximum Gasteiger partial charge on any atom is 0.106 e. The Morgan fingerprint density at radius 1 is 0.923 bits per heavy atom. The second-order valence-electron chi connectivity index (χ2n) is 11.2. The number of hydrogen-bond acceptors (Lipinski definition) is 5. The molecule has 208 valence electrons. The highest BCUT2D eigenvalue weighted by atomic mass is 16.6. The van der Waals surface area contributed by atoms with Crippen LogP contribution in [-0.2, 0) is 21.8 Å². The van der Waals surface area contributed by atoms with E-state index in [0.29, 0.717) is 13.2 Å². The van der Waals surface area contributed by atoms with Crippen molar-refractivity contribution in [2.24, 2.45) is 5.16 Å². The molecule has 1 saturated heterocycles. The van der Waals surface area contributed by atoms with Gasteiger partial charge in [-0.25, -0.2) is 0 Å². The molecule has 4 rings (SSSR count). The van der Waals surface area contributed by atoms with Gasteiger partial charge in [-0.15, -0.1) is 0 Å². The summed E-state index contributed by atoms with van der Waals surface area (Å²) >= 11 is 0. The second-order valence-corrected chi connectivity index (χ2v) is 11.2. The van der Waals surface area contributed by atoms with Gasteiger partial charge in [0.15, 0.2) is 0 Å². The molecule has 0 bridgehead atoms. The molecular formula is C34H44N2O3. The smallest absolute Gasteiger partial charge is 0.106 e. The quantitative estimate of drug-likeness (QED) is 0.225. The zero-order valence-corrected chi connectivity index (χ0v) is 24.2. The van der Waals surface area contributed by atoms with Crippen LogP contribution in [0.25, 0.3) is 0 Å². The average molecular weight is 529 g/mol. The Morgan fingerprint density at radius 3 is 2.26 bits per heavy atom. The molecule has 5 nitrogen and oxygen atoms in total. The lowest BCUT2D eigenvalue weighted by molar-refractivity contribution is -0.0261. The third-order valence-electron chi connectivity index (χ3n) is 8.07. The fourth-order valence-electron chi connectivity index (χ4n) is 5.74. The van der Waals surface area contributed by atoms with Crippen LogP contribution in [0, 0.1) is 27.7 Å². The van der Waals surface area contributed by atoms with E-state index in [-0.39, 0.29) is 5.92 Å². The number of benzene rings is 3. The van der Waals surface area contributed by atoms with E-state index in [2.05, 4.69) is 74.1 Å². The van der Waals surface area contributed by atoms with Gasteiger partial charge >= 0.3 is 0 Å². The molecule has 0 aliphatic carbocycles. The van der Waals surface area contributed by atoms with Crippen LogP contribution in [-0.4, -0.2) is 49.1 Å². The normalized spacial score (nSPS) is 16.7. The van der Waals surface area contributed by atoms with Crippen LogP contribution in [0.15, 0.2) is 71.9 Å². The van der Waals surface area contributed by atoms with Crippen molar-refractivity contribution in [3.05, 3.63) is 106 Å². The summed E-state index contributed by atoms with van der Waals surface area (Å²) in [5.41, 5.74) is 8.64. The van der Waals surface area contributed by atoms with Crippen LogP contribution in [0.2, 0.25) is 0 Å². The van der Waals surface area contributed by atoms with E-state index >= 15 is 0 Å². The zero-order valence-electron chi connectivity index (χ0n) is 24.2. The minimum Gasteiger partial charge on any atom is -0.399 e. The summed E-state index contributed by atoms with van der Waals surface area (Å²) in [5.74, 6) is 0.0819. The Balaban J connectivity index is 1.45. The topological polar surface area (TPSA) is 54.3 Å². The molecule has 1 atom stereocenters. The average Bonchev–Trinajstić information content (AvgIpc) is 2.92. The van der Waals surface area contributed by atoms with Gasteiger partial charge in [-0.1, -0.05) is 83.0 Å². The number of oxime groups is 1. The Bertz CT molecular complexity index is 1230. The van der Waals surface area contributed by atoms with Crippen LogP contribution in [0.5, 0.6) is 0 Å². The molecule has 1 unspecified atom stereocenters. The predicted molar refractivity (Wildman–Crippen MR) is 159 cm³/mol. The van der Waals surface area contributed by atoms with E-state index in [1.54, 1.807) is 7.11 Å². The molecule has 3 aromatic rings. The van der Waals surface area contributed by atoms with Gasteiger partial charge in [-0.3, -0.25) is 0 Å². The molecule has 1 heterocycles. The van der Waals surface area contributed by atoms with Crippen molar-refractivity contribution in [3.8, 4) is 0 Å². The summed E-state index contributed by atoms with van der Waals surface area (Å²) in [7, 11) is 1.61. The van der Waals surface area contributed by atoms with Gasteiger partial charge in [0.05, 0.1) is 24.5 Å². The molecule has 0 spiro atoms. The fraction of sp³-hybridized carbons (Fsp3) is 0.441. The van der Waals surface area contributed by atoms with Crippen LogP contribution >= 0.6 is 0 Å². The Hall–Kier alpha value is -2.99. The lowest BCUT2D eigenvalue weighted by Gasteiger charge is -2.39. The fourth-order valence-corrected chi connectivity index (χ4v) is 5.74. The molecule has 39 heavy (non-hydrogen) atoms. The summed E-state index contributed by atoms with van der Waals surface area (Å²) in [4.78, 5) is 7.80. The van der Waals surface area contributed by atoms with Crippen molar-refractivity contribution in [1.82, 2.24) is 4.90 Å². The molecule has 0 aromatic heterocycles. The number of nitrogens with zero attached hydrogens (tertiary/aromatic N) is 2. The summed E-state index contributed by atoms with van der Waals surface area (Å²) < 4.78 is 6.21. The zero-order chi connectivity index (χ0) is 27.8. The van der Waals surface area contributed by atoms with Crippen molar-refractivity contribution in [2.75, 3.05) is 33.4 Å². The molecule has 0 radical (unpaired) electrons. The lowest BCUT2D eigenvalue weighted by Crippen LogP contribution is -2.43. The Morgan fingerprint density at radius 2 is 1.62 bits per heavy atom. The minimum atomic E-state index is -0.740. The molecule has 1 N–H and O–H groups in total. The number of hydrogen-bond donors (Lipinski definition) is 1. The number of rotatable bonds is 11. The summed E-state index contributed by atoms with van der Waals surface area (Å²) in [6, 6.07) is 23.3. The van der Waals surface area contributed by atoms with Crippen LogP contribution in [0.3, 0.4) is 0 Å². The van der Waals surface area contributed by atoms with E-state index in [9.17, 15) is 5.11 Å². The van der Waals surface area contributed by atoms with E-state index in [0.717, 1.165) is 50.2 Å². The number of ether oxygens (including phenoxy) is 1.